The molecule has 5 nitrogen and oxygen atoms in total. The van der Waals surface area contributed by atoms with E-state index in [0.717, 1.165) is 37.4 Å². The van der Waals surface area contributed by atoms with Crippen LogP contribution in [-0.4, -0.2) is 31.1 Å². The fourth-order valence-electron chi connectivity index (χ4n) is 2.84. The minimum Gasteiger partial charge on any atom is -0.493 e. The maximum atomic E-state index is 12.0. The van der Waals surface area contributed by atoms with Gasteiger partial charge < -0.3 is 14.8 Å². The van der Waals surface area contributed by atoms with Gasteiger partial charge in [0.1, 0.15) is 5.75 Å². The molecule has 1 N–H and O–H groups in total. The second-order valence-corrected chi connectivity index (χ2v) is 7.33. The molecule has 1 aliphatic carbocycles. The first-order valence-electron chi connectivity index (χ1n) is 9.13. The Kier molecular flexibility index (Phi) is 7.29. The smallest absolute Gasteiger partial charge is 0.338 e. The number of hydrogen-bond acceptors (Lipinski definition) is 4. The highest BCUT2D eigenvalue weighted by Gasteiger charge is 2.20. The zero-order chi connectivity index (χ0) is 18.2. The number of ether oxygens (including phenoxy) is 2. The highest BCUT2D eigenvalue weighted by atomic mass is 16.5. The lowest BCUT2D eigenvalue weighted by atomic mass is 9.87. The molecular weight excluding hydrogens is 318 g/mol. The third kappa shape index (κ3) is 6.77. The van der Waals surface area contributed by atoms with Crippen molar-refractivity contribution >= 4 is 11.9 Å². The van der Waals surface area contributed by atoms with E-state index in [0.29, 0.717) is 18.1 Å². The zero-order valence-corrected chi connectivity index (χ0v) is 15.4. The molecule has 0 bridgehead atoms. The topological polar surface area (TPSA) is 64.6 Å². The van der Waals surface area contributed by atoms with Crippen molar-refractivity contribution in [3.63, 3.8) is 0 Å². The Morgan fingerprint density at radius 3 is 2.36 bits per heavy atom. The Labute approximate surface area is 150 Å². The number of carbonyl (C=O) groups excluding carboxylic acids is 2. The lowest BCUT2D eigenvalue weighted by Crippen LogP contribution is -2.39. The van der Waals surface area contributed by atoms with E-state index in [4.69, 9.17) is 9.47 Å². The molecule has 1 aromatic rings. The molecule has 1 amide bonds. The standard InChI is InChI=1S/C20H29NO4/c1-14(2)12-24-18-10-6-16(7-11-18)20(23)25-13-19(22)21-17-8-4-15(3)5-9-17/h6-7,10-11,14-15,17H,4-5,8-9,12-13H2,1-3H3,(H,21,22). The van der Waals surface area contributed by atoms with Gasteiger partial charge in [0.05, 0.1) is 12.2 Å². The van der Waals surface area contributed by atoms with E-state index in [1.54, 1.807) is 24.3 Å². The number of hydrogen-bond donors (Lipinski definition) is 1. The Hall–Kier alpha value is -2.04. The first-order chi connectivity index (χ1) is 11.9. The fourth-order valence-corrected chi connectivity index (χ4v) is 2.84. The largest absolute Gasteiger partial charge is 0.493 e. The van der Waals surface area contributed by atoms with Crippen LogP contribution in [0.15, 0.2) is 24.3 Å². The second-order valence-electron chi connectivity index (χ2n) is 7.33. The van der Waals surface area contributed by atoms with Gasteiger partial charge in [0, 0.05) is 6.04 Å². The Morgan fingerprint density at radius 2 is 1.76 bits per heavy atom. The van der Waals surface area contributed by atoms with Crippen molar-refractivity contribution in [1.29, 1.82) is 0 Å². The van der Waals surface area contributed by atoms with Crippen LogP contribution in [0.1, 0.15) is 56.8 Å². The predicted octanol–water partition coefficient (Wildman–Crippen LogP) is 3.57. The third-order valence-electron chi connectivity index (χ3n) is 4.39. The lowest BCUT2D eigenvalue weighted by molar-refractivity contribution is -0.125. The van der Waals surface area contributed by atoms with Crippen LogP contribution in [0.3, 0.4) is 0 Å². The molecular formula is C20H29NO4. The van der Waals surface area contributed by atoms with E-state index in [-0.39, 0.29) is 18.6 Å². The summed E-state index contributed by atoms with van der Waals surface area (Å²) < 4.78 is 10.7. The molecule has 0 unspecified atom stereocenters. The average molecular weight is 347 g/mol. The van der Waals surface area contributed by atoms with Gasteiger partial charge in [-0.05, 0) is 61.8 Å². The molecule has 1 aromatic carbocycles. The van der Waals surface area contributed by atoms with E-state index < -0.39 is 5.97 Å². The molecule has 0 aliphatic heterocycles. The first kappa shape index (κ1) is 19.3. The van der Waals surface area contributed by atoms with Gasteiger partial charge in [0.15, 0.2) is 6.61 Å². The minimum atomic E-state index is -0.497. The monoisotopic (exact) mass is 347 g/mol. The number of nitrogens with one attached hydrogen (secondary N) is 1. The first-order valence-corrected chi connectivity index (χ1v) is 9.13. The Bertz CT molecular complexity index is 560. The molecule has 5 heteroatoms. The molecule has 1 saturated carbocycles. The highest BCUT2D eigenvalue weighted by molar-refractivity contribution is 5.91. The van der Waals surface area contributed by atoms with Crippen molar-refractivity contribution < 1.29 is 19.1 Å². The SMILES string of the molecule is CC(C)COc1ccc(C(=O)OCC(=O)NC2CCC(C)CC2)cc1. The van der Waals surface area contributed by atoms with E-state index in [2.05, 4.69) is 26.1 Å². The number of benzene rings is 1. The minimum absolute atomic E-state index is 0.208. The molecule has 1 fully saturated rings. The molecule has 25 heavy (non-hydrogen) atoms. The van der Waals surface area contributed by atoms with Crippen LogP contribution in [0.25, 0.3) is 0 Å². The van der Waals surface area contributed by atoms with Gasteiger partial charge in [-0.25, -0.2) is 4.79 Å². The molecule has 138 valence electrons. The Balaban J connectivity index is 1.73. The Morgan fingerprint density at radius 1 is 1.12 bits per heavy atom. The van der Waals surface area contributed by atoms with Crippen LogP contribution >= 0.6 is 0 Å². The molecule has 0 radical (unpaired) electrons. The number of esters is 1. The quantitative estimate of drug-likeness (QED) is 0.766. The summed E-state index contributed by atoms with van der Waals surface area (Å²) in [6.45, 7) is 6.77. The van der Waals surface area contributed by atoms with Gasteiger partial charge in [-0.1, -0.05) is 20.8 Å². The van der Waals surface area contributed by atoms with E-state index >= 15 is 0 Å². The summed E-state index contributed by atoms with van der Waals surface area (Å²) in [5, 5.41) is 2.95. The predicted molar refractivity (Wildman–Crippen MR) is 96.6 cm³/mol. The fraction of sp³-hybridized carbons (Fsp3) is 0.600. The molecule has 0 heterocycles. The summed E-state index contributed by atoms with van der Waals surface area (Å²) >= 11 is 0. The van der Waals surface area contributed by atoms with E-state index in [9.17, 15) is 9.59 Å². The second kappa shape index (κ2) is 9.44. The third-order valence-corrected chi connectivity index (χ3v) is 4.39. The molecule has 1 aliphatic rings. The molecule has 0 atom stereocenters. The normalized spacial score (nSPS) is 20.2. The van der Waals surface area contributed by atoms with Crippen LogP contribution in [0.4, 0.5) is 0 Å². The number of carbonyl (C=O) groups is 2. The van der Waals surface area contributed by atoms with Crippen molar-refractivity contribution in [2.75, 3.05) is 13.2 Å². The van der Waals surface area contributed by atoms with Crippen molar-refractivity contribution in [2.45, 2.75) is 52.5 Å². The van der Waals surface area contributed by atoms with Gasteiger partial charge in [0.25, 0.3) is 5.91 Å². The van der Waals surface area contributed by atoms with Crippen molar-refractivity contribution in [1.82, 2.24) is 5.32 Å². The van der Waals surface area contributed by atoms with Gasteiger partial charge in [-0.15, -0.1) is 0 Å². The van der Waals surface area contributed by atoms with Gasteiger partial charge in [-0.2, -0.15) is 0 Å². The van der Waals surface area contributed by atoms with Gasteiger partial charge in [0.2, 0.25) is 0 Å². The molecule has 0 saturated heterocycles. The highest BCUT2D eigenvalue weighted by Crippen LogP contribution is 2.23. The number of rotatable bonds is 7. The van der Waals surface area contributed by atoms with Crippen LogP contribution in [0, 0.1) is 11.8 Å². The summed E-state index contributed by atoms with van der Waals surface area (Å²) in [6, 6.07) is 6.99. The van der Waals surface area contributed by atoms with E-state index in [1.807, 2.05) is 0 Å². The number of amides is 1. The van der Waals surface area contributed by atoms with E-state index in [1.165, 1.54) is 0 Å². The molecule has 0 spiro atoms. The summed E-state index contributed by atoms with van der Waals surface area (Å²) in [5.74, 6) is 1.16. The summed E-state index contributed by atoms with van der Waals surface area (Å²) in [6.07, 6.45) is 4.27. The zero-order valence-electron chi connectivity index (χ0n) is 15.4. The molecule has 2 rings (SSSR count). The lowest BCUT2D eigenvalue weighted by Gasteiger charge is -2.26. The maximum absolute atomic E-state index is 12.0. The van der Waals surface area contributed by atoms with Crippen LogP contribution < -0.4 is 10.1 Å². The maximum Gasteiger partial charge on any atom is 0.338 e. The average Bonchev–Trinajstić information content (AvgIpc) is 2.60. The summed E-state index contributed by atoms with van der Waals surface area (Å²) in [7, 11) is 0. The van der Waals surface area contributed by atoms with Gasteiger partial charge >= 0.3 is 5.97 Å². The summed E-state index contributed by atoms with van der Waals surface area (Å²) in [5.41, 5.74) is 0.413. The summed E-state index contributed by atoms with van der Waals surface area (Å²) in [4.78, 5) is 23.9. The van der Waals surface area contributed by atoms with Crippen LogP contribution in [0.2, 0.25) is 0 Å². The molecule has 0 aromatic heterocycles. The van der Waals surface area contributed by atoms with Crippen molar-refractivity contribution in [3.8, 4) is 5.75 Å². The van der Waals surface area contributed by atoms with Crippen LogP contribution in [-0.2, 0) is 9.53 Å². The van der Waals surface area contributed by atoms with Crippen molar-refractivity contribution in [2.24, 2.45) is 11.8 Å². The van der Waals surface area contributed by atoms with Gasteiger partial charge in [-0.3, -0.25) is 4.79 Å². The van der Waals surface area contributed by atoms with Crippen molar-refractivity contribution in [3.05, 3.63) is 29.8 Å². The van der Waals surface area contributed by atoms with Crippen LogP contribution in [0.5, 0.6) is 5.75 Å².